The number of para-hydroxylation sites is 1. The Bertz CT molecular complexity index is 1390. The van der Waals surface area contributed by atoms with Crippen molar-refractivity contribution in [1.29, 1.82) is 0 Å². The molecular weight excluding hydrogens is 422 g/mol. The van der Waals surface area contributed by atoms with E-state index in [1.54, 1.807) is 24.3 Å². The molecule has 2 aromatic carbocycles. The molecule has 1 N–H and O–H groups in total. The lowest BCUT2D eigenvalue weighted by atomic mass is 10.3. The Kier molecular flexibility index (Phi) is 5.35. The van der Waals surface area contributed by atoms with E-state index >= 15 is 0 Å². The summed E-state index contributed by atoms with van der Waals surface area (Å²) in [5.41, 5.74) is -0.357. The minimum absolute atomic E-state index is 0.0601. The van der Waals surface area contributed by atoms with Crippen molar-refractivity contribution >= 4 is 34.4 Å². The Morgan fingerprint density at radius 2 is 1.65 bits per heavy atom. The van der Waals surface area contributed by atoms with Gasteiger partial charge in [0.15, 0.2) is 11.2 Å². The Hall–Kier alpha value is -3.85. The van der Waals surface area contributed by atoms with Gasteiger partial charge in [0, 0.05) is 19.8 Å². The predicted octanol–water partition coefficient (Wildman–Crippen LogP) is 2.52. The summed E-state index contributed by atoms with van der Waals surface area (Å²) in [6, 6.07) is 16.2. The van der Waals surface area contributed by atoms with E-state index in [1.807, 2.05) is 30.3 Å². The van der Waals surface area contributed by atoms with Crippen LogP contribution in [0.4, 0.5) is 5.69 Å². The summed E-state index contributed by atoms with van der Waals surface area (Å²) in [6.45, 7) is -0.245. The summed E-state index contributed by atoms with van der Waals surface area (Å²) in [5, 5.41) is 2.68. The number of fused-ring (bicyclic) bond motifs is 1. The number of imidazole rings is 1. The highest BCUT2D eigenvalue weighted by atomic mass is 35.5. The van der Waals surface area contributed by atoms with Crippen LogP contribution in [-0.4, -0.2) is 24.6 Å². The van der Waals surface area contributed by atoms with Crippen molar-refractivity contribution in [3.63, 3.8) is 0 Å². The lowest BCUT2D eigenvalue weighted by Crippen LogP contribution is -2.37. The second-order valence-electron chi connectivity index (χ2n) is 6.83. The molecule has 0 radical (unpaired) electrons. The number of rotatable bonds is 5. The first kappa shape index (κ1) is 20.4. The van der Waals surface area contributed by atoms with Gasteiger partial charge in [-0.05, 0) is 48.0 Å². The molecule has 10 heteroatoms. The fourth-order valence-corrected chi connectivity index (χ4v) is 3.36. The molecule has 0 fully saturated rings. The molecule has 0 saturated heterocycles. The molecule has 2 heterocycles. The van der Waals surface area contributed by atoms with Gasteiger partial charge in [-0.15, -0.1) is 0 Å². The second kappa shape index (κ2) is 8.11. The topological polar surface area (TPSA) is 100 Å². The first-order chi connectivity index (χ1) is 14.8. The van der Waals surface area contributed by atoms with Crippen LogP contribution < -0.4 is 21.3 Å². The number of ether oxygens (including phenoxy) is 1. The molecule has 0 spiro atoms. The van der Waals surface area contributed by atoms with Crippen LogP contribution in [0.2, 0.25) is 5.28 Å². The van der Waals surface area contributed by atoms with E-state index in [4.69, 9.17) is 16.3 Å². The summed E-state index contributed by atoms with van der Waals surface area (Å²) in [6.07, 6.45) is 0. The minimum Gasteiger partial charge on any atom is -0.457 e. The van der Waals surface area contributed by atoms with Gasteiger partial charge in [0.05, 0.1) is 0 Å². The van der Waals surface area contributed by atoms with Crippen LogP contribution in [0, 0.1) is 0 Å². The number of benzene rings is 2. The maximum absolute atomic E-state index is 12.6. The molecule has 0 saturated carbocycles. The third kappa shape index (κ3) is 3.95. The van der Waals surface area contributed by atoms with Gasteiger partial charge in [-0.25, -0.2) is 4.79 Å². The van der Waals surface area contributed by atoms with Gasteiger partial charge < -0.3 is 10.1 Å². The number of hydrogen-bond donors (Lipinski definition) is 1. The van der Waals surface area contributed by atoms with Crippen molar-refractivity contribution in [1.82, 2.24) is 18.7 Å². The Labute approximate surface area is 181 Å². The van der Waals surface area contributed by atoms with Crippen molar-refractivity contribution in [3.05, 3.63) is 80.7 Å². The number of nitrogens with zero attached hydrogens (tertiary/aromatic N) is 4. The van der Waals surface area contributed by atoms with E-state index < -0.39 is 17.2 Å². The van der Waals surface area contributed by atoms with Crippen LogP contribution in [0.5, 0.6) is 11.5 Å². The highest BCUT2D eigenvalue weighted by molar-refractivity contribution is 6.29. The maximum atomic E-state index is 12.6. The predicted molar refractivity (Wildman–Crippen MR) is 117 cm³/mol. The average Bonchev–Trinajstić information content (AvgIpc) is 3.09. The van der Waals surface area contributed by atoms with Crippen molar-refractivity contribution in [2.75, 3.05) is 5.32 Å². The first-order valence-corrected chi connectivity index (χ1v) is 9.67. The van der Waals surface area contributed by atoms with Crippen LogP contribution in [0.25, 0.3) is 11.2 Å². The van der Waals surface area contributed by atoms with Crippen LogP contribution in [0.15, 0.2) is 64.2 Å². The lowest BCUT2D eigenvalue weighted by Gasteiger charge is -2.10. The summed E-state index contributed by atoms with van der Waals surface area (Å²) >= 11 is 6.15. The zero-order chi connectivity index (χ0) is 22.1. The molecule has 0 bridgehead atoms. The zero-order valence-electron chi connectivity index (χ0n) is 16.7. The molecule has 0 aliphatic heterocycles. The third-order valence-corrected chi connectivity index (χ3v) is 5.01. The molecule has 0 aliphatic carbocycles. The molecular formula is C21H18ClN5O4. The lowest BCUT2D eigenvalue weighted by molar-refractivity contribution is -0.116. The first-order valence-electron chi connectivity index (χ1n) is 9.29. The van der Waals surface area contributed by atoms with Gasteiger partial charge in [-0.3, -0.25) is 23.3 Å². The van der Waals surface area contributed by atoms with Gasteiger partial charge in [-0.1, -0.05) is 18.2 Å². The number of halogens is 1. The highest BCUT2D eigenvalue weighted by Gasteiger charge is 2.19. The summed E-state index contributed by atoms with van der Waals surface area (Å²) < 4.78 is 9.16. The SMILES string of the molecule is Cn1c(=O)c2c(nc(Cl)n2CC(=O)Nc2ccc(Oc3ccccc3)cc2)n(C)c1=O. The van der Waals surface area contributed by atoms with Gasteiger partial charge in [-0.2, -0.15) is 4.98 Å². The molecule has 0 atom stereocenters. The number of aryl methyl sites for hydroxylation is 1. The van der Waals surface area contributed by atoms with Gasteiger partial charge in [0.1, 0.15) is 18.0 Å². The Morgan fingerprint density at radius 1 is 1.00 bits per heavy atom. The summed E-state index contributed by atoms with van der Waals surface area (Å²) in [7, 11) is 2.84. The second-order valence-corrected chi connectivity index (χ2v) is 7.17. The number of nitrogens with one attached hydrogen (secondary N) is 1. The fourth-order valence-electron chi connectivity index (χ4n) is 3.14. The van der Waals surface area contributed by atoms with E-state index in [1.165, 1.54) is 23.2 Å². The smallest absolute Gasteiger partial charge is 0.332 e. The van der Waals surface area contributed by atoms with E-state index in [0.717, 1.165) is 4.57 Å². The largest absolute Gasteiger partial charge is 0.457 e. The van der Waals surface area contributed by atoms with E-state index in [2.05, 4.69) is 10.3 Å². The Morgan fingerprint density at radius 3 is 2.32 bits per heavy atom. The molecule has 2 aromatic heterocycles. The number of amides is 1. The molecule has 0 aliphatic rings. The summed E-state index contributed by atoms with van der Waals surface area (Å²) in [4.78, 5) is 41.3. The monoisotopic (exact) mass is 439 g/mol. The number of carbonyl (C=O) groups excluding carboxylic acids is 1. The minimum atomic E-state index is -0.576. The van der Waals surface area contributed by atoms with Crippen molar-refractivity contribution < 1.29 is 9.53 Å². The highest BCUT2D eigenvalue weighted by Crippen LogP contribution is 2.23. The van der Waals surface area contributed by atoms with Crippen molar-refractivity contribution in [2.24, 2.45) is 14.1 Å². The molecule has 1 amide bonds. The number of hydrogen-bond acceptors (Lipinski definition) is 5. The van der Waals surface area contributed by atoms with Gasteiger partial charge in [0.2, 0.25) is 11.2 Å². The number of aromatic nitrogens is 4. The van der Waals surface area contributed by atoms with Crippen LogP contribution in [0.1, 0.15) is 0 Å². The van der Waals surface area contributed by atoms with Gasteiger partial charge in [0.25, 0.3) is 5.56 Å². The Balaban J connectivity index is 1.53. The molecule has 9 nitrogen and oxygen atoms in total. The molecule has 31 heavy (non-hydrogen) atoms. The van der Waals surface area contributed by atoms with E-state index in [-0.39, 0.29) is 23.0 Å². The van der Waals surface area contributed by atoms with E-state index in [0.29, 0.717) is 17.2 Å². The van der Waals surface area contributed by atoms with Crippen molar-refractivity contribution in [2.45, 2.75) is 6.54 Å². The normalized spacial score (nSPS) is 10.9. The molecule has 4 aromatic rings. The van der Waals surface area contributed by atoms with Crippen molar-refractivity contribution in [3.8, 4) is 11.5 Å². The number of anilines is 1. The van der Waals surface area contributed by atoms with Crippen LogP contribution in [0.3, 0.4) is 0 Å². The third-order valence-electron chi connectivity index (χ3n) is 4.72. The van der Waals surface area contributed by atoms with E-state index in [9.17, 15) is 14.4 Å². The number of carbonyl (C=O) groups is 1. The summed E-state index contributed by atoms with van der Waals surface area (Å²) in [5.74, 6) is 0.919. The molecule has 158 valence electrons. The maximum Gasteiger partial charge on any atom is 0.332 e. The molecule has 4 rings (SSSR count). The van der Waals surface area contributed by atoms with Crippen LogP contribution >= 0.6 is 11.6 Å². The van der Waals surface area contributed by atoms with Gasteiger partial charge >= 0.3 is 5.69 Å². The zero-order valence-corrected chi connectivity index (χ0v) is 17.5. The quantitative estimate of drug-likeness (QED) is 0.481. The average molecular weight is 440 g/mol. The van der Waals surface area contributed by atoms with Crippen LogP contribution in [-0.2, 0) is 25.4 Å². The standard InChI is InChI=1S/C21H18ClN5O4/c1-25-18-17(19(29)26(2)21(25)30)27(20(22)24-18)12-16(28)23-13-8-10-15(11-9-13)31-14-6-4-3-5-7-14/h3-11H,12H2,1-2H3,(H,23,28). The molecule has 0 unspecified atom stereocenters. The fraction of sp³-hybridized carbons (Fsp3) is 0.143.